The molecule has 2 heterocycles. The van der Waals surface area contributed by atoms with Gasteiger partial charge in [-0.1, -0.05) is 33.8 Å². The fraction of sp³-hybridized carbons (Fsp3) is 0.125. The van der Waals surface area contributed by atoms with Crippen molar-refractivity contribution in [3.63, 3.8) is 0 Å². The third-order valence-corrected chi connectivity index (χ3v) is 5.46. The first-order valence-electron chi connectivity index (χ1n) is 6.93. The number of aromatic nitrogens is 2. The van der Waals surface area contributed by atoms with Crippen LogP contribution in [0, 0.1) is 0 Å². The maximum Gasteiger partial charge on any atom is 0.230 e. The molecule has 0 aliphatic rings. The van der Waals surface area contributed by atoms with E-state index in [0.717, 1.165) is 20.2 Å². The average Bonchev–Trinajstić information content (AvgIpc) is 3.23. The summed E-state index contributed by atoms with van der Waals surface area (Å²) in [6.45, 7) is 0.582. The smallest absolute Gasteiger partial charge is 0.230 e. The number of thioether (sulfide) groups is 1. The van der Waals surface area contributed by atoms with Crippen molar-refractivity contribution in [1.82, 2.24) is 14.9 Å². The van der Waals surface area contributed by atoms with Crippen LogP contribution in [0.3, 0.4) is 0 Å². The van der Waals surface area contributed by atoms with Gasteiger partial charge in [-0.15, -0.1) is 11.3 Å². The lowest BCUT2D eigenvalue weighted by Crippen LogP contribution is -2.24. The highest BCUT2D eigenvalue weighted by Crippen LogP contribution is 2.21. The number of rotatable bonds is 6. The van der Waals surface area contributed by atoms with E-state index in [1.54, 1.807) is 17.5 Å². The van der Waals surface area contributed by atoms with Crippen LogP contribution in [0.15, 0.2) is 63.8 Å². The highest BCUT2D eigenvalue weighted by Gasteiger charge is 2.09. The maximum atomic E-state index is 12.0. The molecular formula is C16H14BrN3OS2. The molecule has 0 aliphatic heterocycles. The summed E-state index contributed by atoms with van der Waals surface area (Å²) >= 11 is 6.50. The van der Waals surface area contributed by atoms with Crippen LogP contribution in [0.1, 0.15) is 4.88 Å². The third kappa shape index (κ3) is 4.46. The Labute approximate surface area is 151 Å². The summed E-state index contributed by atoms with van der Waals surface area (Å²) in [5.41, 5.74) is 1.02. The summed E-state index contributed by atoms with van der Waals surface area (Å²) in [5, 5.41) is 5.73. The molecule has 1 aromatic carbocycles. The Morgan fingerprint density at radius 3 is 2.87 bits per heavy atom. The van der Waals surface area contributed by atoms with Gasteiger partial charge in [0.25, 0.3) is 0 Å². The molecule has 0 spiro atoms. The molecule has 1 N–H and O–H groups in total. The first kappa shape index (κ1) is 16.3. The van der Waals surface area contributed by atoms with Crippen LogP contribution < -0.4 is 5.32 Å². The van der Waals surface area contributed by atoms with Crippen LogP contribution in [-0.4, -0.2) is 21.2 Å². The second-order valence-electron chi connectivity index (χ2n) is 4.70. The number of nitrogens with zero attached hydrogens (tertiary/aromatic N) is 2. The predicted molar refractivity (Wildman–Crippen MR) is 98.2 cm³/mol. The summed E-state index contributed by atoms with van der Waals surface area (Å²) in [7, 11) is 0. The Morgan fingerprint density at radius 2 is 2.13 bits per heavy atom. The first-order chi connectivity index (χ1) is 11.2. The molecule has 0 bridgehead atoms. The minimum absolute atomic E-state index is 0.00811. The van der Waals surface area contributed by atoms with Crippen LogP contribution >= 0.6 is 39.0 Å². The molecule has 0 saturated heterocycles. The van der Waals surface area contributed by atoms with Gasteiger partial charge < -0.3 is 5.32 Å². The SMILES string of the molecule is O=C(CSc1nccn1-c1ccc(Br)cc1)NCc1cccs1. The van der Waals surface area contributed by atoms with E-state index in [1.165, 1.54) is 11.8 Å². The lowest BCUT2D eigenvalue weighted by Gasteiger charge is -2.08. The molecule has 23 heavy (non-hydrogen) atoms. The van der Waals surface area contributed by atoms with Gasteiger partial charge in [-0.2, -0.15) is 0 Å². The van der Waals surface area contributed by atoms with Gasteiger partial charge >= 0.3 is 0 Å². The molecule has 3 aromatic rings. The van der Waals surface area contributed by atoms with Crippen LogP contribution in [0.25, 0.3) is 5.69 Å². The third-order valence-electron chi connectivity index (χ3n) is 3.08. The Balaban J connectivity index is 1.57. The van der Waals surface area contributed by atoms with Crippen molar-refractivity contribution in [2.45, 2.75) is 11.7 Å². The summed E-state index contributed by atoms with van der Waals surface area (Å²) in [6.07, 6.45) is 3.64. The summed E-state index contributed by atoms with van der Waals surface area (Å²) in [6, 6.07) is 12.0. The van der Waals surface area contributed by atoms with Gasteiger partial charge in [-0.25, -0.2) is 4.98 Å². The summed E-state index contributed by atoms with van der Waals surface area (Å²) in [5.74, 6) is 0.354. The standard InChI is InChI=1S/C16H14BrN3OS2/c17-12-3-5-13(6-4-12)20-8-7-18-16(20)23-11-15(21)19-10-14-2-1-9-22-14/h1-9H,10-11H2,(H,19,21). The number of hydrogen-bond acceptors (Lipinski definition) is 4. The molecule has 3 rings (SSSR count). The second-order valence-corrected chi connectivity index (χ2v) is 7.59. The number of carbonyl (C=O) groups excluding carboxylic acids is 1. The molecule has 0 atom stereocenters. The quantitative estimate of drug-likeness (QED) is 0.625. The fourth-order valence-corrected chi connectivity index (χ4v) is 3.69. The van der Waals surface area contributed by atoms with E-state index >= 15 is 0 Å². The summed E-state index contributed by atoms with van der Waals surface area (Å²) < 4.78 is 3.01. The number of thiophene rings is 1. The van der Waals surface area contributed by atoms with Crippen LogP contribution in [0.4, 0.5) is 0 Å². The lowest BCUT2D eigenvalue weighted by atomic mass is 10.3. The van der Waals surface area contributed by atoms with Crippen molar-refractivity contribution < 1.29 is 4.79 Å². The molecule has 0 unspecified atom stereocenters. The maximum absolute atomic E-state index is 12.0. The summed E-state index contributed by atoms with van der Waals surface area (Å²) in [4.78, 5) is 17.4. The molecule has 118 valence electrons. The first-order valence-corrected chi connectivity index (χ1v) is 9.59. The van der Waals surface area contributed by atoms with Crippen molar-refractivity contribution in [2.75, 3.05) is 5.75 Å². The normalized spacial score (nSPS) is 10.7. The van der Waals surface area contributed by atoms with E-state index in [1.807, 2.05) is 52.5 Å². The van der Waals surface area contributed by atoms with E-state index in [-0.39, 0.29) is 5.91 Å². The second kappa shape index (κ2) is 7.81. The Morgan fingerprint density at radius 1 is 1.30 bits per heavy atom. The molecule has 0 radical (unpaired) electrons. The van der Waals surface area contributed by atoms with Gasteiger partial charge in [0.2, 0.25) is 5.91 Å². The van der Waals surface area contributed by atoms with Crippen LogP contribution in [-0.2, 0) is 11.3 Å². The van der Waals surface area contributed by atoms with Gasteiger partial charge in [-0.05, 0) is 35.7 Å². The number of benzene rings is 1. The highest BCUT2D eigenvalue weighted by atomic mass is 79.9. The average molecular weight is 408 g/mol. The molecule has 0 saturated carbocycles. The van der Waals surface area contributed by atoms with E-state index in [0.29, 0.717) is 12.3 Å². The Bertz CT molecular complexity index is 769. The van der Waals surface area contributed by atoms with E-state index < -0.39 is 0 Å². The number of imidazole rings is 1. The number of halogens is 1. The molecular weight excluding hydrogens is 394 g/mol. The van der Waals surface area contributed by atoms with Crippen LogP contribution in [0.2, 0.25) is 0 Å². The Kier molecular flexibility index (Phi) is 5.53. The zero-order valence-corrected chi connectivity index (χ0v) is 15.3. The molecule has 4 nitrogen and oxygen atoms in total. The molecule has 0 fully saturated rings. The van der Waals surface area contributed by atoms with Crippen molar-refractivity contribution in [2.24, 2.45) is 0 Å². The van der Waals surface area contributed by atoms with Crippen LogP contribution in [0.5, 0.6) is 0 Å². The minimum atomic E-state index is 0.00811. The number of amides is 1. The fourth-order valence-electron chi connectivity index (χ4n) is 1.97. The zero-order chi connectivity index (χ0) is 16.1. The lowest BCUT2D eigenvalue weighted by molar-refractivity contribution is -0.118. The molecule has 1 amide bonds. The van der Waals surface area contributed by atoms with E-state index in [9.17, 15) is 4.79 Å². The van der Waals surface area contributed by atoms with Gasteiger partial charge in [0, 0.05) is 27.4 Å². The van der Waals surface area contributed by atoms with Gasteiger partial charge in [0.1, 0.15) is 0 Å². The number of nitrogens with one attached hydrogen (secondary N) is 1. The zero-order valence-electron chi connectivity index (χ0n) is 12.1. The largest absolute Gasteiger partial charge is 0.350 e. The van der Waals surface area contributed by atoms with Crippen molar-refractivity contribution in [3.8, 4) is 5.69 Å². The number of hydrogen-bond donors (Lipinski definition) is 1. The minimum Gasteiger partial charge on any atom is -0.350 e. The highest BCUT2D eigenvalue weighted by molar-refractivity contribution is 9.10. The molecule has 0 aliphatic carbocycles. The monoisotopic (exact) mass is 407 g/mol. The predicted octanol–water partition coefficient (Wildman–Crippen LogP) is 4.10. The van der Waals surface area contributed by atoms with Crippen molar-refractivity contribution >= 4 is 44.9 Å². The van der Waals surface area contributed by atoms with Crippen molar-refractivity contribution in [3.05, 3.63) is 63.5 Å². The van der Waals surface area contributed by atoms with Gasteiger partial charge in [0.05, 0.1) is 12.3 Å². The van der Waals surface area contributed by atoms with Gasteiger partial charge in [0.15, 0.2) is 5.16 Å². The van der Waals surface area contributed by atoms with Crippen molar-refractivity contribution in [1.29, 1.82) is 0 Å². The number of carbonyl (C=O) groups is 1. The van der Waals surface area contributed by atoms with Gasteiger partial charge in [-0.3, -0.25) is 9.36 Å². The van der Waals surface area contributed by atoms with E-state index in [2.05, 4.69) is 26.2 Å². The molecule has 2 aromatic heterocycles. The van der Waals surface area contributed by atoms with E-state index in [4.69, 9.17) is 0 Å². The Hall–Kier alpha value is -1.57. The molecule has 7 heteroatoms. The topological polar surface area (TPSA) is 46.9 Å².